The minimum Gasteiger partial charge on any atom is -0.480 e. The number of aliphatic carboxylic acids is 1. The van der Waals surface area contributed by atoms with Gasteiger partial charge < -0.3 is 14.6 Å². The van der Waals surface area contributed by atoms with Crippen molar-refractivity contribution in [2.75, 3.05) is 13.2 Å². The van der Waals surface area contributed by atoms with E-state index in [0.29, 0.717) is 36.6 Å². The Labute approximate surface area is 190 Å². The maximum Gasteiger partial charge on any atom is 0.317 e. The molecule has 1 aromatic heterocycles. The number of rotatable bonds is 14. The van der Waals surface area contributed by atoms with Crippen LogP contribution in [0, 0.1) is 11.8 Å². The lowest BCUT2D eigenvalue weighted by molar-refractivity contribution is -0.136. The van der Waals surface area contributed by atoms with Gasteiger partial charge in [-0.05, 0) is 31.1 Å². The lowest BCUT2D eigenvalue weighted by Crippen LogP contribution is -2.17. The average molecular weight is 451 g/mol. The summed E-state index contributed by atoms with van der Waals surface area (Å²) in [5.74, 6) is 1.67. The van der Waals surface area contributed by atoms with Crippen molar-refractivity contribution in [1.29, 1.82) is 0 Å². The second-order valence-electron chi connectivity index (χ2n) is 8.99. The highest BCUT2D eigenvalue weighted by Gasteiger charge is 2.22. The van der Waals surface area contributed by atoms with Gasteiger partial charge in [0.2, 0.25) is 11.8 Å². The second-order valence-corrected chi connectivity index (χ2v) is 10.2. The number of thioether (sulfide) groups is 1. The van der Waals surface area contributed by atoms with Gasteiger partial charge in [0.15, 0.2) is 5.16 Å². The molecular formula is C24H38N2O4S. The molecule has 2 fully saturated rings. The fourth-order valence-electron chi connectivity index (χ4n) is 4.59. The maximum atomic E-state index is 11.7. The molecule has 31 heavy (non-hydrogen) atoms. The Morgan fingerprint density at radius 3 is 2.00 bits per heavy atom. The summed E-state index contributed by atoms with van der Waals surface area (Å²) < 4.78 is 11.9. The Hall–Kier alpha value is -1.50. The highest BCUT2D eigenvalue weighted by atomic mass is 32.2. The van der Waals surface area contributed by atoms with Gasteiger partial charge in [-0.3, -0.25) is 4.79 Å². The van der Waals surface area contributed by atoms with Crippen molar-refractivity contribution < 1.29 is 19.4 Å². The van der Waals surface area contributed by atoms with Crippen molar-refractivity contribution >= 4 is 17.7 Å². The largest absolute Gasteiger partial charge is 0.480 e. The molecule has 3 rings (SSSR count). The van der Waals surface area contributed by atoms with Gasteiger partial charge in [0.1, 0.15) is 5.25 Å². The zero-order valence-corrected chi connectivity index (χ0v) is 19.7. The van der Waals surface area contributed by atoms with E-state index in [1.807, 2.05) is 0 Å². The minimum atomic E-state index is -0.821. The molecule has 7 heteroatoms. The van der Waals surface area contributed by atoms with Gasteiger partial charge >= 0.3 is 5.97 Å². The van der Waals surface area contributed by atoms with Crippen LogP contribution >= 0.6 is 11.8 Å². The number of hydrogen-bond donors (Lipinski definition) is 1. The summed E-state index contributed by atoms with van der Waals surface area (Å²) in [6.07, 6.45) is 15.0. The van der Waals surface area contributed by atoms with Crippen molar-refractivity contribution in [1.82, 2.24) is 9.97 Å². The number of carbonyl (C=O) groups is 1. The standard InChI is InChI=1S/C24H38N2O4S/c1-2-3-12-20(23(27)28)31-24-25-21(29-15-13-18-8-4-5-9-18)17-22(26-24)30-16-14-19-10-6-7-11-19/h17-20H,2-16H2,1H3,(H,27,28). The van der Waals surface area contributed by atoms with Gasteiger partial charge in [0, 0.05) is 0 Å². The number of nitrogens with zero attached hydrogens (tertiary/aromatic N) is 2. The molecule has 0 saturated heterocycles. The molecule has 0 aliphatic heterocycles. The number of carboxylic acid groups (broad SMARTS) is 1. The van der Waals surface area contributed by atoms with Crippen LogP contribution in [0.3, 0.4) is 0 Å². The van der Waals surface area contributed by atoms with Crippen molar-refractivity contribution in [3.8, 4) is 11.8 Å². The summed E-state index contributed by atoms with van der Waals surface area (Å²) in [5, 5.41) is 9.46. The van der Waals surface area contributed by atoms with E-state index in [-0.39, 0.29) is 0 Å². The Morgan fingerprint density at radius 1 is 1.03 bits per heavy atom. The molecule has 2 aliphatic carbocycles. The summed E-state index contributed by atoms with van der Waals surface area (Å²) in [5.41, 5.74) is 0. The van der Waals surface area contributed by atoms with Crippen LogP contribution in [0.1, 0.15) is 90.4 Å². The molecule has 2 aliphatic rings. The smallest absolute Gasteiger partial charge is 0.317 e. The van der Waals surface area contributed by atoms with E-state index in [4.69, 9.17) is 9.47 Å². The van der Waals surface area contributed by atoms with E-state index < -0.39 is 11.2 Å². The first-order chi connectivity index (χ1) is 15.1. The molecule has 2 saturated carbocycles. The van der Waals surface area contributed by atoms with E-state index >= 15 is 0 Å². The topological polar surface area (TPSA) is 81.5 Å². The van der Waals surface area contributed by atoms with E-state index in [1.54, 1.807) is 6.07 Å². The predicted octanol–water partition coefficient (Wildman–Crippen LogP) is 6.13. The molecule has 1 unspecified atom stereocenters. The molecule has 6 nitrogen and oxygen atoms in total. The van der Waals surface area contributed by atoms with E-state index in [1.165, 1.54) is 63.1 Å². The molecular weight excluding hydrogens is 412 g/mol. The number of hydrogen-bond acceptors (Lipinski definition) is 6. The van der Waals surface area contributed by atoms with Crippen LogP contribution in [0.15, 0.2) is 11.2 Å². The zero-order valence-electron chi connectivity index (χ0n) is 18.9. The van der Waals surface area contributed by atoms with Crippen molar-refractivity contribution in [3.63, 3.8) is 0 Å². The van der Waals surface area contributed by atoms with Crippen molar-refractivity contribution in [3.05, 3.63) is 6.07 Å². The lowest BCUT2D eigenvalue weighted by Gasteiger charge is -2.15. The van der Waals surface area contributed by atoms with E-state index in [0.717, 1.165) is 37.5 Å². The van der Waals surface area contributed by atoms with Crippen LogP contribution in [0.25, 0.3) is 0 Å². The van der Waals surface area contributed by atoms with Crippen LogP contribution < -0.4 is 9.47 Å². The normalized spacial score (nSPS) is 18.4. The summed E-state index contributed by atoms with van der Waals surface area (Å²) in [7, 11) is 0. The molecule has 174 valence electrons. The molecule has 0 radical (unpaired) electrons. The maximum absolute atomic E-state index is 11.7. The Bertz CT molecular complexity index is 635. The van der Waals surface area contributed by atoms with Crippen molar-refractivity contribution in [2.45, 2.75) is 101 Å². The van der Waals surface area contributed by atoms with Gasteiger partial charge in [0.05, 0.1) is 19.3 Å². The van der Waals surface area contributed by atoms with E-state index in [9.17, 15) is 9.90 Å². The summed E-state index contributed by atoms with van der Waals surface area (Å²) in [6.45, 7) is 3.33. The van der Waals surface area contributed by atoms with E-state index in [2.05, 4.69) is 16.9 Å². The highest BCUT2D eigenvalue weighted by Crippen LogP contribution is 2.31. The average Bonchev–Trinajstić information content (AvgIpc) is 3.45. The highest BCUT2D eigenvalue weighted by molar-refractivity contribution is 8.00. The van der Waals surface area contributed by atoms with Gasteiger partial charge in [-0.15, -0.1) is 0 Å². The first-order valence-corrected chi connectivity index (χ1v) is 13.1. The third-order valence-electron chi connectivity index (χ3n) is 6.50. The van der Waals surface area contributed by atoms with Crippen LogP contribution in [-0.2, 0) is 4.79 Å². The van der Waals surface area contributed by atoms with Crippen LogP contribution in [0.5, 0.6) is 11.8 Å². The fraction of sp³-hybridized carbons (Fsp3) is 0.792. The Morgan fingerprint density at radius 2 is 1.55 bits per heavy atom. The quantitative estimate of drug-likeness (QED) is 0.270. The van der Waals surface area contributed by atoms with Gasteiger partial charge in [-0.25, -0.2) is 0 Å². The third kappa shape index (κ3) is 8.51. The first kappa shape index (κ1) is 24.1. The van der Waals surface area contributed by atoms with Crippen LogP contribution in [0.4, 0.5) is 0 Å². The van der Waals surface area contributed by atoms with Crippen LogP contribution in [-0.4, -0.2) is 39.5 Å². The van der Waals surface area contributed by atoms with Gasteiger partial charge in [0.25, 0.3) is 0 Å². The minimum absolute atomic E-state index is 0.428. The summed E-state index contributed by atoms with van der Waals surface area (Å²) in [4.78, 5) is 20.7. The molecule has 0 spiro atoms. The van der Waals surface area contributed by atoms with Crippen LogP contribution in [0.2, 0.25) is 0 Å². The molecule has 1 aromatic rings. The SMILES string of the molecule is CCCCC(Sc1nc(OCCC2CCCC2)cc(OCCC2CCCC2)n1)C(=O)O. The number of ether oxygens (including phenoxy) is 2. The number of unbranched alkanes of at least 4 members (excludes halogenated alkanes) is 1. The summed E-state index contributed by atoms with van der Waals surface area (Å²) >= 11 is 1.20. The Balaban J connectivity index is 1.61. The monoisotopic (exact) mass is 450 g/mol. The van der Waals surface area contributed by atoms with Gasteiger partial charge in [-0.1, -0.05) is 82.9 Å². The zero-order chi connectivity index (χ0) is 21.9. The summed E-state index contributed by atoms with van der Waals surface area (Å²) in [6, 6.07) is 1.76. The predicted molar refractivity (Wildman–Crippen MR) is 123 cm³/mol. The molecule has 0 bridgehead atoms. The third-order valence-corrected chi connectivity index (χ3v) is 7.62. The number of aromatic nitrogens is 2. The molecule has 0 amide bonds. The molecule has 1 atom stereocenters. The molecule has 1 heterocycles. The fourth-order valence-corrected chi connectivity index (χ4v) is 5.52. The Kier molecular flexibility index (Phi) is 10.2. The number of carboxylic acids is 1. The molecule has 1 N–H and O–H groups in total. The molecule has 0 aromatic carbocycles. The second kappa shape index (κ2) is 13.1. The van der Waals surface area contributed by atoms with Gasteiger partial charge in [-0.2, -0.15) is 9.97 Å². The van der Waals surface area contributed by atoms with Crippen molar-refractivity contribution in [2.24, 2.45) is 11.8 Å². The first-order valence-electron chi connectivity index (χ1n) is 12.2. The lowest BCUT2D eigenvalue weighted by atomic mass is 10.1.